The van der Waals surface area contributed by atoms with E-state index in [2.05, 4.69) is 5.32 Å². The van der Waals surface area contributed by atoms with Gasteiger partial charge >= 0.3 is 6.09 Å². The highest BCUT2D eigenvalue weighted by Gasteiger charge is 2.31. The first-order valence-electron chi connectivity index (χ1n) is 11.2. The smallest absolute Gasteiger partial charge is 0.408 e. The normalized spacial score (nSPS) is 15.8. The molecule has 3 amide bonds. The summed E-state index contributed by atoms with van der Waals surface area (Å²) in [7, 11) is 6.44. The zero-order valence-corrected chi connectivity index (χ0v) is 19.5. The fourth-order valence-corrected chi connectivity index (χ4v) is 3.62. The lowest BCUT2D eigenvalue weighted by atomic mass is 9.65. The number of amides is 3. The van der Waals surface area contributed by atoms with Crippen molar-refractivity contribution in [2.75, 3.05) is 37.0 Å². The van der Waals surface area contributed by atoms with Gasteiger partial charge < -0.3 is 24.7 Å². The fraction of sp³-hybridized carbons (Fsp3) is 0.348. The highest BCUT2D eigenvalue weighted by atomic mass is 16.5. The number of likely N-dealkylation sites (N-methyl/N-ethyl adjacent to an activating group) is 2. The van der Waals surface area contributed by atoms with Crippen LogP contribution < -0.4 is 15.1 Å². The van der Waals surface area contributed by atoms with E-state index in [0.29, 0.717) is 19.5 Å². The maximum absolute atomic E-state index is 13.0. The number of rotatable bonds is 8. The third-order valence-corrected chi connectivity index (χ3v) is 5.81. The van der Waals surface area contributed by atoms with Crippen LogP contribution in [0.5, 0.6) is 0 Å². The summed E-state index contributed by atoms with van der Waals surface area (Å²) >= 11 is 0. The van der Waals surface area contributed by atoms with Gasteiger partial charge in [0.2, 0.25) is 11.8 Å². The second kappa shape index (κ2) is 11.6. The van der Waals surface area contributed by atoms with E-state index >= 15 is 0 Å². The van der Waals surface area contributed by atoms with Crippen molar-refractivity contribution in [1.82, 2.24) is 10.1 Å². The monoisotopic (exact) mass is 448 g/mol. The van der Waals surface area contributed by atoms with Gasteiger partial charge in [0.1, 0.15) is 12.6 Å². The van der Waals surface area contributed by atoms with Crippen molar-refractivity contribution in [2.45, 2.75) is 25.5 Å². The van der Waals surface area contributed by atoms with Gasteiger partial charge in [-0.05, 0) is 49.7 Å². The molecule has 172 valence electrons. The number of anilines is 2. The summed E-state index contributed by atoms with van der Waals surface area (Å²) in [4.78, 5) is 42.8. The van der Waals surface area contributed by atoms with Crippen LogP contribution in [0.1, 0.15) is 18.4 Å². The molecule has 10 heteroatoms. The predicted octanol–water partition coefficient (Wildman–Crippen LogP) is 0.903. The Hall–Kier alpha value is -3.26. The van der Waals surface area contributed by atoms with Gasteiger partial charge in [-0.1, -0.05) is 30.3 Å². The number of benzene rings is 2. The summed E-state index contributed by atoms with van der Waals surface area (Å²) in [5, 5.41) is 2.70. The van der Waals surface area contributed by atoms with Crippen molar-refractivity contribution >= 4 is 44.3 Å². The zero-order chi connectivity index (χ0) is 23.8. The molecule has 2 aromatic carbocycles. The molecule has 2 aromatic rings. The summed E-state index contributed by atoms with van der Waals surface area (Å²) in [6.07, 6.45) is 0.723. The van der Waals surface area contributed by atoms with Crippen molar-refractivity contribution in [3.8, 4) is 0 Å². The lowest BCUT2D eigenvalue weighted by molar-refractivity contribution is -0.121. The minimum absolute atomic E-state index is 0.000530. The largest absolute Gasteiger partial charge is 0.445 e. The van der Waals surface area contributed by atoms with Gasteiger partial charge in [0, 0.05) is 25.0 Å². The first-order valence-corrected chi connectivity index (χ1v) is 11.2. The molecule has 1 fully saturated rings. The highest BCUT2D eigenvalue weighted by Crippen LogP contribution is 2.24. The van der Waals surface area contributed by atoms with Crippen LogP contribution in [0.25, 0.3) is 0 Å². The van der Waals surface area contributed by atoms with Crippen molar-refractivity contribution in [2.24, 2.45) is 0 Å². The molecular weight excluding hydrogens is 418 g/mol. The van der Waals surface area contributed by atoms with E-state index in [9.17, 15) is 14.4 Å². The standard InChI is InChI=1S/C23H30B2N4O4/c1-27(25-24)15-21(30)28(2)18-10-12-19(13-11-18)29-14-6-9-20(22(29)31)26-23(32)33-16-17-7-4-3-5-8-17/h3-5,7-8,10-13,20,25H,6,9,14-16,24H2,1-2H3,(H,26,32)/t20-/m0/s1. The molecule has 0 aromatic heterocycles. The number of hydrogen-bond acceptors (Lipinski definition) is 5. The molecule has 8 nitrogen and oxygen atoms in total. The molecule has 1 N–H and O–H groups in total. The van der Waals surface area contributed by atoms with Crippen molar-refractivity contribution < 1.29 is 19.1 Å². The summed E-state index contributed by atoms with van der Waals surface area (Å²) in [6, 6.07) is 16.1. The Morgan fingerprint density at radius 2 is 1.85 bits per heavy atom. The Morgan fingerprint density at radius 3 is 2.52 bits per heavy atom. The minimum Gasteiger partial charge on any atom is -0.445 e. The molecule has 1 aliphatic heterocycles. The molecule has 33 heavy (non-hydrogen) atoms. The molecule has 0 bridgehead atoms. The number of hydrogen-bond donors (Lipinski definition) is 1. The Labute approximate surface area is 196 Å². The average Bonchev–Trinajstić information content (AvgIpc) is 2.84. The Bertz CT molecular complexity index is 959. The number of piperidine rings is 1. The molecule has 3 rings (SSSR count). The maximum Gasteiger partial charge on any atom is 0.408 e. The number of carbonyl (C=O) groups excluding carboxylic acids is 3. The van der Waals surface area contributed by atoms with Crippen LogP contribution in [-0.4, -0.2) is 71.0 Å². The van der Waals surface area contributed by atoms with Gasteiger partial charge in [-0.25, -0.2) is 4.79 Å². The van der Waals surface area contributed by atoms with Crippen molar-refractivity contribution in [1.29, 1.82) is 0 Å². The number of alkyl carbamates (subject to hydrolysis) is 1. The topological polar surface area (TPSA) is 82.2 Å². The highest BCUT2D eigenvalue weighted by molar-refractivity contribution is 6.87. The molecule has 1 heterocycles. The molecular formula is C23H30B2N4O4. The van der Waals surface area contributed by atoms with E-state index in [1.165, 1.54) is 0 Å². The predicted molar refractivity (Wildman–Crippen MR) is 133 cm³/mol. The molecule has 1 aliphatic rings. The Morgan fingerprint density at radius 1 is 1.15 bits per heavy atom. The van der Waals surface area contributed by atoms with Crippen LogP contribution in [0.15, 0.2) is 54.6 Å². The first kappa shape index (κ1) is 24.4. The van der Waals surface area contributed by atoms with Crippen LogP contribution in [-0.2, 0) is 20.9 Å². The third-order valence-electron chi connectivity index (χ3n) is 5.81. The molecule has 0 unspecified atom stereocenters. The zero-order valence-electron chi connectivity index (χ0n) is 19.5. The van der Waals surface area contributed by atoms with Gasteiger partial charge in [-0.2, -0.15) is 0 Å². The third kappa shape index (κ3) is 6.61. The lowest BCUT2D eigenvalue weighted by Crippen LogP contribution is -2.52. The van der Waals surface area contributed by atoms with Gasteiger partial charge in [0.05, 0.1) is 14.3 Å². The number of nitrogens with one attached hydrogen (secondary N) is 1. The summed E-state index contributed by atoms with van der Waals surface area (Å²) in [5.41, 5.74) is 2.38. The van der Waals surface area contributed by atoms with Crippen LogP contribution >= 0.6 is 0 Å². The summed E-state index contributed by atoms with van der Waals surface area (Å²) < 4.78 is 5.26. The summed E-state index contributed by atoms with van der Waals surface area (Å²) in [6.45, 7) is 1.07. The van der Waals surface area contributed by atoms with E-state index in [-0.39, 0.29) is 18.4 Å². The van der Waals surface area contributed by atoms with Gasteiger partial charge in [0.15, 0.2) is 7.31 Å². The number of carbonyl (C=O) groups is 3. The average molecular weight is 448 g/mol. The van der Waals surface area contributed by atoms with E-state index < -0.39 is 12.1 Å². The summed E-state index contributed by atoms with van der Waals surface area (Å²) in [5.74, 6) is -0.168. The molecule has 0 spiro atoms. The minimum atomic E-state index is -0.629. The van der Waals surface area contributed by atoms with Gasteiger partial charge in [-0.15, -0.1) is 0 Å². The maximum atomic E-state index is 13.0. The molecule has 0 radical (unpaired) electrons. The SMILES string of the molecule is BBN(C)CC(=O)N(C)c1ccc(N2CCC[C@H](NC(=O)OCc3ccccc3)C2=O)cc1. The molecule has 1 saturated heterocycles. The van der Waals surface area contributed by atoms with Crippen LogP contribution in [0, 0.1) is 0 Å². The Kier molecular flexibility index (Phi) is 8.54. The van der Waals surface area contributed by atoms with E-state index in [4.69, 9.17) is 4.74 Å². The van der Waals surface area contributed by atoms with Crippen LogP contribution in [0.4, 0.5) is 16.2 Å². The molecule has 1 atom stereocenters. The van der Waals surface area contributed by atoms with E-state index in [1.54, 1.807) is 16.8 Å². The molecule has 0 saturated carbocycles. The van der Waals surface area contributed by atoms with Gasteiger partial charge in [-0.3, -0.25) is 9.59 Å². The van der Waals surface area contributed by atoms with E-state index in [1.807, 2.05) is 74.2 Å². The second-order valence-corrected chi connectivity index (χ2v) is 8.19. The quantitative estimate of drug-likeness (QED) is 0.608. The van der Waals surface area contributed by atoms with Crippen molar-refractivity contribution in [3.05, 3.63) is 60.2 Å². The van der Waals surface area contributed by atoms with Crippen LogP contribution in [0.3, 0.4) is 0 Å². The number of nitrogens with zero attached hydrogens (tertiary/aromatic N) is 3. The van der Waals surface area contributed by atoms with Crippen molar-refractivity contribution in [3.63, 3.8) is 0 Å². The second-order valence-electron chi connectivity index (χ2n) is 8.19. The first-order chi connectivity index (χ1) is 15.9. The Balaban J connectivity index is 1.57. The fourth-order valence-electron chi connectivity index (χ4n) is 3.62. The molecule has 0 aliphatic carbocycles. The van der Waals surface area contributed by atoms with Crippen LogP contribution in [0.2, 0.25) is 0 Å². The van der Waals surface area contributed by atoms with Gasteiger partial charge in [0.25, 0.3) is 0 Å². The van der Waals surface area contributed by atoms with E-state index in [0.717, 1.165) is 30.7 Å². The lowest BCUT2D eigenvalue weighted by Gasteiger charge is -2.32. The number of ether oxygens (including phenoxy) is 1.